The van der Waals surface area contributed by atoms with Crippen LogP contribution in [0.5, 0.6) is 5.75 Å². The second kappa shape index (κ2) is 9.83. The second-order valence-electron chi connectivity index (χ2n) is 7.06. The molecule has 0 atom stereocenters. The van der Waals surface area contributed by atoms with Crippen LogP contribution in [0.3, 0.4) is 0 Å². The van der Waals surface area contributed by atoms with Crippen LogP contribution in [-0.2, 0) is 19.1 Å². The topological polar surface area (TPSA) is 105 Å². The summed E-state index contributed by atoms with van der Waals surface area (Å²) in [6.45, 7) is 0. The lowest BCUT2D eigenvalue weighted by Gasteiger charge is -2.06. The number of carbonyl (C=O) groups is 3. The lowest BCUT2D eigenvalue weighted by Crippen LogP contribution is -2.15. The summed E-state index contributed by atoms with van der Waals surface area (Å²) in [6.07, 6.45) is 1.33. The molecule has 0 unspecified atom stereocenters. The minimum absolute atomic E-state index is 0.256. The maximum absolute atomic E-state index is 12.5. The van der Waals surface area contributed by atoms with E-state index in [0.717, 1.165) is 11.1 Å². The minimum Gasteiger partial charge on any atom is -0.465 e. The molecule has 0 fully saturated rings. The number of hydrogen-bond acceptors (Lipinski definition) is 8. The molecule has 8 nitrogen and oxygen atoms in total. The van der Waals surface area contributed by atoms with E-state index in [2.05, 4.69) is 14.5 Å². The molecule has 0 spiro atoms. The van der Waals surface area contributed by atoms with E-state index >= 15 is 0 Å². The number of ether oxygens (including phenoxy) is 3. The molecule has 0 bridgehead atoms. The molecule has 0 saturated heterocycles. The quantitative estimate of drug-likeness (QED) is 0.138. The molecule has 0 aliphatic carbocycles. The van der Waals surface area contributed by atoms with Gasteiger partial charge in [0.1, 0.15) is 16.8 Å². The molecular formula is C26H19NO7. The van der Waals surface area contributed by atoms with E-state index in [1.807, 2.05) is 24.3 Å². The summed E-state index contributed by atoms with van der Waals surface area (Å²) in [7, 11) is 2.34. The molecule has 170 valence electrons. The van der Waals surface area contributed by atoms with Crippen LogP contribution in [0.25, 0.3) is 28.6 Å². The third-order valence-electron chi connectivity index (χ3n) is 4.87. The SMILES string of the molecule is COC(=O)C(=Cc1ccc(OC(=O)c2ccc(-c3nc4ccccc4o3)cc2)cc1)C(=O)OC. The Balaban J connectivity index is 1.45. The Morgan fingerprint density at radius 2 is 1.47 bits per heavy atom. The van der Waals surface area contributed by atoms with Gasteiger partial charge in [0.05, 0.1) is 19.8 Å². The van der Waals surface area contributed by atoms with E-state index in [1.54, 1.807) is 48.5 Å². The number of para-hydroxylation sites is 2. The zero-order valence-corrected chi connectivity index (χ0v) is 18.3. The largest absolute Gasteiger partial charge is 0.465 e. The molecule has 0 radical (unpaired) electrons. The molecule has 4 aromatic rings. The predicted octanol–water partition coefficient (Wildman–Crippen LogP) is 4.44. The van der Waals surface area contributed by atoms with Crippen molar-refractivity contribution in [2.45, 2.75) is 0 Å². The highest BCUT2D eigenvalue weighted by molar-refractivity contribution is 6.17. The highest BCUT2D eigenvalue weighted by Crippen LogP contribution is 2.25. The first-order chi connectivity index (χ1) is 16.5. The van der Waals surface area contributed by atoms with Crippen molar-refractivity contribution in [1.29, 1.82) is 0 Å². The first-order valence-electron chi connectivity index (χ1n) is 10.1. The minimum atomic E-state index is -0.816. The smallest absolute Gasteiger partial charge is 0.345 e. The number of fused-ring (bicyclic) bond motifs is 1. The third-order valence-corrected chi connectivity index (χ3v) is 4.87. The van der Waals surface area contributed by atoms with Gasteiger partial charge in [0.15, 0.2) is 5.58 Å². The van der Waals surface area contributed by atoms with Gasteiger partial charge >= 0.3 is 17.9 Å². The van der Waals surface area contributed by atoms with Gasteiger partial charge in [-0.1, -0.05) is 24.3 Å². The van der Waals surface area contributed by atoms with Crippen LogP contribution >= 0.6 is 0 Å². The zero-order valence-electron chi connectivity index (χ0n) is 18.3. The van der Waals surface area contributed by atoms with Gasteiger partial charge in [0, 0.05) is 5.56 Å². The number of rotatable bonds is 6. The predicted molar refractivity (Wildman–Crippen MR) is 123 cm³/mol. The molecule has 0 aliphatic rings. The lowest BCUT2D eigenvalue weighted by atomic mass is 10.1. The molecule has 0 N–H and O–H groups in total. The van der Waals surface area contributed by atoms with Gasteiger partial charge in [0.25, 0.3) is 0 Å². The summed E-state index contributed by atoms with van der Waals surface area (Å²) in [5.74, 6) is -1.42. The van der Waals surface area contributed by atoms with Crippen molar-refractivity contribution in [3.05, 3.63) is 89.5 Å². The van der Waals surface area contributed by atoms with Crippen molar-refractivity contribution in [2.24, 2.45) is 0 Å². The molecule has 0 amide bonds. The summed E-state index contributed by atoms with van der Waals surface area (Å²) in [4.78, 5) is 40.5. The van der Waals surface area contributed by atoms with Crippen molar-refractivity contribution in [3.8, 4) is 17.2 Å². The fourth-order valence-electron chi connectivity index (χ4n) is 3.13. The van der Waals surface area contributed by atoms with Crippen molar-refractivity contribution in [1.82, 2.24) is 4.98 Å². The Labute approximate surface area is 194 Å². The Bertz CT molecular complexity index is 1330. The highest BCUT2D eigenvalue weighted by Gasteiger charge is 2.19. The average molecular weight is 457 g/mol. The monoisotopic (exact) mass is 457 g/mol. The summed E-state index contributed by atoms with van der Waals surface area (Å²) in [5, 5.41) is 0. The van der Waals surface area contributed by atoms with E-state index in [0.29, 0.717) is 28.4 Å². The summed E-state index contributed by atoms with van der Waals surface area (Å²) >= 11 is 0. The molecule has 3 aromatic carbocycles. The van der Waals surface area contributed by atoms with Crippen LogP contribution in [0.1, 0.15) is 15.9 Å². The first-order valence-corrected chi connectivity index (χ1v) is 10.1. The van der Waals surface area contributed by atoms with Crippen molar-refractivity contribution in [2.75, 3.05) is 14.2 Å². The van der Waals surface area contributed by atoms with Gasteiger partial charge in [-0.05, 0) is 60.2 Å². The number of methoxy groups -OCH3 is 2. The number of oxazole rings is 1. The maximum atomic E-state index is 12.5. The van der Waals surface area contributed by atoms with Crippen LogP contribution in [-0.4, -0.2) is 37.1 Å². The van der Waals surface area contributed by atoms with E-state index in [1.165, 1.54) is 20.3 Å². The lowest BCUT2D eigenvalue weighted by molar-refractivity contribution is -0.143. The van der Waals surface area contributed by atoms with E-state index in [9.17, 15) is 14.4 Å². The number of carbonyl (C=O) groups excluding carboxylic acids is 3. The Kier molecular flexibility index (Phi) is 6.49. The highest BCUT2D eigenvalue weighted by atomic mass is 16.5. The van der Waals surface area contributed by atoms with E-state index < -0.39 is 17.9 Å². The summed E-state index contributed by atoms with van der Waals surface area (Å²) < 4.78 is 20.3. The number of benzene rings is 3. The number of aromatic nitrogens is 1. The normalized spacial score (nSPS) is 10.4. The molecule has 4 rings (SSSR count). The average Bonchev–Trinajstić information content (AvgIpc) is 3.32. The molecule has 1 aromatic heterocycles. The van der Waals surface area contributed by atoms with Gasteiger partial charge in [-0.3, -0.25) is 0 Å². The molecular weight excluding hydrogens is 438 g/mol. The molecule has 1 heterocycles. The fraction of sp³-hybridized carbons (Fsp3) is 0.0769. The Morgan fingerprint density at radius 1 is 0.824 bits per heavy atom. The molecule has 0 aliphatic heterocycles. The number of esters is 3. The standard InChI is InChI=1S/C26H19NO7/c1-31-25(29)20(26(30)32-2)15-16-7-13-19(14-8-16)33-24(28)18-11-9-17(10-12-18)23-27-21-5-3-4-6-22(21)34-23/h3-15H,1-2H3. The van der Waals surface area contributed by atoms with Crippen molar-refractivity contribution < 1.29 is 33.0 Å². The molecule has 8 heteroatoms. The van der Waals surface area contributed by atoms with Crippen LogP contribution in [0, 0.1) is 0 Å². The van der Waals surface area contributed by atoms with E-state index in [-0.39, 0.29) is 5.57 Å². The van der Waals surface area contributed by atoms with Crippen LogP contribution in [0.2, 0.25) is 0 Å². The number of hydrogen-bond donors (Lipinski definition) is 0. The van der Waals surface area contributed by atoms with Gasteiger partial charge in [0.2, 0.25) is 5.89 Å². The molecule has 0 saturated carbocycles. The van der Waals surface area contributed by atoms with Gasteiger partial charge in [-0.15, -0.1) is 0 Å². The summed E-state index contributed by atoms with van der Waals surface area (Å²) in [5.41, 5.74) is 2.79. The fourth-order valence-corrected chi connectivity index (χ4v) is 3.13. The van der Waals surface area contributed by atoms with Gasteiger partial charge in [-0.25, -0.2) is 19.4 Å². The van der Waals surface area contributed by atoms with Crippen LogP contribution < -0.4 is 4.74 Å². The number of nitrogens with zero attached hydrogens (tertiary/aromatic N) is 1. The maximum Gasteiger partial charge on any atom is 0.345 e. The second-order valence-corrected chi connectivity index (χ2v) is 7.06. The molecule has 34 heavy (non-hydrogen) atoms. The van der Waals surface area contributed by atoms with Crippen LogP contribution in [0.4, 0.5) is 0 Å². The van der Waals surface area contributed by atoms with Gasteiger partial charge < -0.3 is 18.6 Å². The van der Waals surface area contributed by atoms with Crippen LogP contribution in [0.15, 0.2) is 82.8 Å². The summed E-state index contributed by atoms with van der Waals surface area (Å²) in [6, 6.07) is 20.4. The van der Waals surface area contributed by atoms with Crippen molar-refractivity contribution in [3.63, 3.8) is 0 Å². The Hall–Kier alpha value is -4.72. The zero-order chi connectivity index (χ0) is 24.1. The Morgan fingerprint density at radius 3 is 2.09 bits per heavy atom. The van der Waals surface area contributed by atoms with E-state index in [4.69, 9.17) is 9.15 Å². The third kappa shape index (κ3) is 4.86. The van der Waals surface area contributed by atoms with Crippen molar-refractivity contribution >= 4 is 35.1 Å². The first kappa shape index (κ1) is 22.5. The van der Waals surface area contributed by atoms with Gasteiger partial charge in [-0.2, -0.15) is 0 Å².